The van der Waals surface area contributed by atoms with E-state index >= 15 is 0 Å². The minimum Gasteiger partial charge on any atom is -0.486 e. The monoisotopic (exact) mass is 245 g/mol. The number of nitrogens with one attached hydrogen (secondary N) is 1. The number of ether oxygens (including phenoxy) is 1. The second kappa shape index (κ2) is 3.99. The van der Waals surface area contributed by atoms with Crippen molar-refractivity contribution in [3.8, 4) is 5.75 Å². The molecule has 1 aromatic carbocycles. The standard InChI is InChI=1S/C16H23NO/c1-15(2)14(17-11-16(3)9-6-10-16)12-7-4-5-8-13(12)18-15/h4-5,7-8,14,17H,6,9-11H2,1-3H3. The zero-order chi connectivity index (χ0) is 12.8. The van der Waals surface area contributed by atoms with Crippen molar-refractivity contribution in [2.24, 2.45) is 5.41 Å². The summed E-state index contributed by atoms with van der Waals surface area (Å²) in [6, 6.07) is 8.72. The van der Waals surface area contributed by atoms with Crippen LogP contribution < -0.4 is 10.1 Å². The van der Waals surface area contributed by atoms with Gasteiger partial charge >= 0.3 is 0 Å². The molecule has 1 aliphatic heterocycles. The molecule has 2 nitrogen and oxygen atoms in total. The Labute approximate surface area is 110 Å². The van der Waals surface area contributed by atoms with Crippen LogP contribution in [0.25, 0.3) is 0 Å². The van der Waals surface area contributed by atoms with Crippen LogP contribution in [0.5, 0.6) is 5.75 Å². The fourth-order valence-electron chi connectivity index (χ4n) is 3.19. The maximum Gasteiger partial charge on any atom is 0.125 e. The molecule has 1 saturated carbocycles. The zero-order valence-corrected chi connectivity index (χ0v) is 11.6. The van der Waals surface area contributed by atoms with Gasteiger partial charge in [-0.05, 0) is 38.2 Å². The third-order valence-electron chi connectivity index (χ3n) is 4.59. The molecule has 3 rings (SSSR count). The summed E-state index contributed by atoms with van der Waals surface area (Å²) in [5.74, 6) is 1.04. The molecule has 18 heavy (non-hydrogen) atoms. The Kier molecular flexibility index (Phi) is 2.67. The molecular weight excluding hydrogens is 222 g/mol. The largest absolute Gasteiger partial charge is 0.486 e. The van der Waals surface area contributed by atoms with E-state index in [0.29, 0.717) is 11.5 Å². The van der Waals surface area contributed by atoms with Crippen molar-refractivity contribution >= 4 is 0 Å². The van der Waals surface area contributed by atoms with Gasteiger partial charge in [-0.25, -0.2) is 0 Å². The smallest absolute Gasteiger partial charge is 0.125 e. The molecule has 0 spiro atoms. The Bertz CT molecular complexity index is 448. The zero-order valence-electron chi connectivity index (χ0n) is 11.6. The van der Waals surface area contributed by atoms with Crippen molar-refractivity contribution in [1.29, 1.82) is 0 Å². The summed E-state index contributed by atoms with van der Waals surface area (Å²) in [5, 5.41) is 3.75. The van der Waals surface area contributed by atoms with E-state index in [-0.39, 0.29) is 5.60 Å². The molecule has 1 N–H and O–H groups in total. The molecule has 0 bridgehead atoms. The Balaban J connectivity index is 1.77. The summed E-state index contributed by atoms with van der Waals surface area (Å²) in [6.45, 7) is 7.83. The maximum absolute atomic E-state index is 6.06. The van der Waals surface area contributed by atoms with Gasteiger partial charge in [0.2, 0.25) is 0 Å². The summed E-state index contributed by atoms with van der Waals surface area (Å²) < 4.78 is 6.06. The summed E-state index contributed by atoms with van der Waals surface area (Å²) >= 11 is 0. The van der Waals surface area contributed by atoms with E-state index in [4.69, 9.17) is 4.74 Å². The van der Waals surface area contributed by atoms with Crippen LogP contribution in [-0.2, 0) is 0 Å². The summed E-state index contributed by atoms with van der Waals surface area (Å²) in [7, 11) is 0. The highest BCUT2D eigenvalue weighted by molar-refractivity contribution is 5.42. The summed E-state index contributed by atoms with van der Waals surface area (Å²) in [5.41, 5.74) is 1.67. The fraction of sp³-hybridized carbons (Fsp3) is 0.625. The van der Waals surface area contributed by atoms with Crippen molar-refractivity contribution in [3.63, 3.8) is 0 Å². The molecule has 1 fully saturated rings. The highest BCUT2D eigenvalue weighted by Gasteiger charge is 2.42. The van der Waals surface area contributed by atoms with E-state index < -0.39 is 0 Å². The highest BCUT2D eigenvalue weighted by atomic mass is 16.5. The molecule has 2 heteroatoms. The van der Waals surface area contributed by atoms with E-state index in [0.717, 1.165) is 12.3 Å². The predicted molar refractivity (Wildman–Crippen MR) is 73.9 cm³/mol. The molecule has 1 aliphatic carbocycles. The molecule has 1 unspecified atom stereocenters. The number of benzene rings is 1. The van der Waals surface area contributed by atoms with Crippen molar-refractivity contribution < 1.29 is 4.74 Å². The van der Waals surface area contributed by atoms with E-state index in [1.807, 2.05) is 6.07 Å². The lowest BCUT2D eigenvalue weighted by Crippen LogP contribution is -2.45. The normalized spacial score (nSPS) is 27.2. The van der Waals surface area contributed by atoms with Gasteiger partial charge in [0, 0.05) is 12.1 Å². The van der Waals surface area contributed by atoms with E-state index in [2.05, 4.69) is 44.3 Å². The maximum atomic E-state index is 6.06. The minimum atomic E-state index is -0.149. The molecular formula is C16H23NO. The lowest BCUT2D eigenvalue weighted by molar-refractivity contribution is 0.0784. The van der Waals surface area contributed by atoms with E-state index in [9.17, 15) is 0 Å². The Morgan fingerprint density at radius 3 is 2.61 bits per heavy atom. The number of hydrogen-bond donors (Lipinski definition) is 1. The van der Waals surface area contributed by atoms with E-state index in [1.54, 1.807) is 0 Å². The Morgan fingerprint density at radius 1 is 1.22 bits per heavy atom. The number of para-hydroxylation sites is 1. The molecule has 2 aliphatic rings. The van der Waals surface area contributed by atoms with Gasteiger partial charge in [0.1, 0.15) is 11.4 Å². The van der Waals surface area contributed by atoms with Crippen LogP contribution in [0.2, 0.25) is 0 Å². The lowest BCUT2D eigenvalue weighted by Gasteiger charge is -2.40. The van der Waals surface area contributed by atoms with Crippen LogP contribution in [0.3, 0.4) is 0 Å². The summed E-state index contributed by atoms with van der Waals surface area (Å²) in [4.78, 5) is 0. The molecule has 0 saturated heterocycles. The lowest BCUT2D eigenvalue weighted by atomic mass is 9.70. The Morgan fingerprint density at radius 2 is 1.94 bits per heavy atom. The molecule has 0 aromatic heterocycles. The first kappa shape index (κ1) is 12.0. The predicted octanol–water partition coefficient (Wildman–Crippen LogP) is 3.68. The van der Waals surface area contributed by atoms with Gasteiger partial charge in [0.05, 0.1) is 6.04 Å². The molecule has 1 heterocycles. The quantitative estimate of drug-likeness (QED) is 0.877. The van der Waals surface area contributed by atoms with Crippen LogP contribution in [0.1, 0.15) is 51.6 Å². The second-order valence-corrected chi connectivity index (χ2v) is 6.72. The van der Waals surface area contributed by atoms with Crippen LogP contribution >= 0.6 is 0 Å². The van der Waals surface area contributed by atoms with Crippen molar-refractivity contribution in [2.75, 3.05) is 6.54 Å². The average molecular weight is 245 g/mol. The molecule has 0 radical (unpaired) electrons. The van der Waals surface area contributed by atoms with Crippen molar-refractivity contribution in [2.45, 2.75) is 51.7 Å². The third-order valence-corrected chi connectivity index (χ3v) is 4.59. The number of rotatable bonds is 3. The first-order valence-electron chi connectivity index (χ1n) is 7.02. The minimum absolute atomic E-state index is 0.149. The molecule has 98 valence electrons. The van der Waals surface area contributed by atoms with E-state index in [1.165, 1.54) is 24.8 Å². The van der Waals surface area contributed by atoms with Crippen molar-refractivity contribution in [3.05, 3.63) is 29.8 Å². The molecule has 0 amide bonds. The first-order chi connectivity index (χ1) is 8.50. The Hall–Kier alpha value is -1.02. The fourth-order valence-corrected chi connectivity index (χ4v) is 3.19. The third kappa shape index (κ3) is 1.93. The van der Waals surface area contributed by atoms with Crippen LogP contribution in [-0.4, -0.2) is 12.1 Å². The van der Waals surface area contributed by atoms with Crippen LogP contribution in [0.4, 0.5) is 0 Å². The van der Waals surface area contributed by atoms with Gasteiger partial charge in [-0.1, -0.05) is 31.5 Å². The SMILES string of the molecule is CC1(CNC2c3ccccc3OC2(C)C)CCC1. The number of hydrogen-bond acceptors (Lipinski definition) is 2. The molecule has 1 aromatic rings. The molecule has 1 atom stereocenters. The van der Waals surface area contributed by atoms with Gasteiger partial charge in [-0.15, -0.1) is 0 Å². The van der Waals surface area contributed by atoms with Crippen LogP contribution in [0.15, 0.2) is 24.3 Å². The topological polar surface area (TPSA) is 21.3 Å². The van der Waals surface area contributed by atoms with Gasteiger partial charge in [-0.3, -0.25) is 0 Å². The van der Waals surface area contributed by atoms with Gasteiger partial charge in [-0.2, -0.15) is 0 Å². The summed E-state index contributed by atoms with van der Waals surface area (Å²) in [6.07, 6.45) is 4.10. The average Bonchev–Trinajstić information content (AvgIpc) is 2.54. The number of fused-ring (bicyclic) bond motifs is 1. The van der Waals surface area contributed by atoms with Gasteiger partial charge < -0.3 is 10.1 Å². The van der Waals surface area contributed by atoms with Gasteiger partial charge in [0.25, 0.3) is 0 Å². The van der Waals surface area contributed by atoms with Crippen LogP contribution in [0, 0.1) is 5.41 Å². The first-order valence-corrected chi connectivity index (χ1v) is 7.02. The van der Waals surface area contributed by atoms with Crippen molar-refractivity contribution in [1.82, 2.24) is 5.32 Å². The van der Waals surface area contributed by atoms with Gasteiger partial charge in [0.15, 0.2) is 0 Å². The highest BCUT2D eigenvalue weighted by Crippen LogP contribution is 2.45. The second-order valence-electron chi connectivity index (χ2n) is 6.72.